The highest BCUT2D eigenvalue weighted by Crippen LogP contribution is 2.39. The van der Waals surface area contributed by atoms with Gasteiger partial charge in [0.05, 0.1) is 17.6 Å². The van der Waals surface area contributed by atoms with Gasteiger partial charge in [-0.2, -0.15) is 5.10 Å². The molecule has 5 heterocycles. The number of rotatable bonds is 3. The number of phenols is 1. The average molecular weight is 446 g/mol. The Morgan fingerprint density at radius 2 is 1.82 bits per heavy atom. The quantitative estimate of drug-likeness (QED) is 0.641. The molecular weight excluding hydrogens is 414 g/mol. The summed E-state index contributed by atoms with van der Waals surface area (Å²) in [6, 6.07) is 9.55. The first-order chi connectivity index (χ1) is 16.0. The van der Waals surface area contributed by atoms with Crippen LogP contribution in [-0.4, -0.2) is 63.3 Å². The van der Waals surface area contributed by atoms with E-state index in [9.17, 15) is 5.11 Å². The van der Waals surface area contributed by atoms with Gasteiger partial charge in [0, 0.05) is 62.6 Å². The largest absolute Gasteiger partial charge is 0.507 e. The van der Waals surface area contributed by atoms with Gasteiger partial charge in [0.15, 0.2) is 5.82 Å². The number of likely N-dealkylation sites (N-methyl/N-ethyl adjacent to an activating group) is 1. The lowest BCUT2D eigenvalue weighted by molar-refractivity contribution is 0.216. The number of aryl methyl sites for hydroxylation is 1. The molecule has 0 amide bonds. The first kappa shape index (κ1) is 20.5. The summed E-state index contributed by atoms with van der Waals surface area (Å²) in [5, 5.41) is 28.1. The summed E-state index contributed by atoms with van der Waals surface area (Å²) in [4.78, 5) is 4.75. The Morgan fingerprint density at radius 1 is 1.00 bits per heavy atom. The van der Waals surface area contributed by atoms with Gasteiger partial charge in [-0.05, 0) is 49.4 Å². The van der Waals surface area contributed by atoms with Crippen molar-refractivity contribution in [3.05, 3.63) is 36.7 Å². The van der Waals surface area contributed by atoms with E-state index in [2.05, 4.69) is 38.4 Å². The van der Waals surface area contributed by atoms with Crippen molar-refractivity contribution in [1.29, 1.82) is 0 Å². The van der Waals surface area contributed by atoms with E-state index in [1.807, 2.05) is 25.4 Å². The van der Waals surface area contributed by atoms with Gasteiger partial charge in [-0.1, -0.05) is 12.5 Å². The summed E-state index contributed by atoms with van der Waals surface area (Å²) in [5.74, 6) is 1.18. The second kappa shape index (κ2) is 8.02. The number of nitrogens with zero attached hydrogens (tertiary/aromatic N) is 6. The second-order valence-corrected chi connectivity index (χ2v) is 9.80. The number of anilines is 2. The summed E-state index contributed by atoms with van der Waals surface area (Å²) in [7, 11) is 4.00. The van der Waals surface area contributed by atoms with Crippen molar-refractivity contribution in [1.82, 2.24) is 25.3 Å². The van der Waals surface area contributed by atoms with E-state index in [1.54, 1.807) is 16.9 Å². The Labute approximate surface area is 194 Å². The summed E-state index contributed by atoms with van der Waals surface area (Å²) in [6.45, 7) is 1.94. The van der Waals surface area contributed by atoms with E-state index >= 15 is 0 Å². The molecule has 0 saturated carbocycles. The van der Waals surface area contributed by atoms with Gasteiger partial charge in [0.2, 0.25) is 0 Å². The topological polar surface area (TPSA) is 82.3 Å². The zero-order chi connectivity index (χ0) is 22.5. The van der Waals surface area contributed by atoms with E-state index in [-0.39, 0.29) is 5.75 Å². The van der Waals surface area contributed by atoms with Gasteiger partial charge < -0.3 is 20.2 Å². The maximum absolute atomic E-state index is 10.8. The molecule has 2 aromatic heterocycles. The fraction of sp³-hybridized carbons (Fsp3) is 0.480. The van der Waals surface area contributed by atoms with Gasteiger partial charge in [0.1, 0.15) is 5.75 Å². The number of aromatic nitrogens is 4. The van der Waals surface area contributed by atoms with Crippen LogP contribution in [0.1, 0.15) is 32.1 Å². The number of aromatic hydroxyl groups is 1. The first-order valence-electron chi connectivity index (χ1n) is 12.0. The summed E-state index contributed by atoms with van der Waals surface area (Å²) in [5.41, 5.74) is 4.37. The van der Waals surface area contributed by atoms with Gasteiger partial charge in [0.25, 0.3) is 0 Å². The van der Waals surface area contributed by atoms with Crippen LogP contribution in [0.5, 0.6) is 5.75 Å². The van der Waals surface area contributed by atoms with Gasteiger partial charge >= 0.3 is 0 Å². The van der Waals surface area contributed by atoms with Crippen molar-refractivity contribution >= 4 is 11.5 Å². The Bertz CT molecular complexity index is 1160. The lowest BCUT2D eigenvalue weighted by atomic mass is 9.83. The minimum atomic E-state index is 0.201. The molecule has 0 aliphatic carbocycles. The molecule has 0 spiro atoms. The van der Waals surface area contributed by atoms with Crippen LogP contribution in [0.2, 0.25) is 0 Å². The van der Waals surface area contributed by atoms with Crippen LogP contribution in [0.4, 0.5) is 11.5 Å². The van der Waals surface area contributed by atoms with E-state index in [0.717, 1.165) is 35.7 Å². The van der Waals surface area contributed by atoms with Crippen molar-refractivity contribution in [2.24, 2.45) is 7.05 Å². The van der Waals surface area contributed by atoms with E-state index in [1.165, 1.54) is 32.1 Å². The zero-order valence-electron chi connectivity index (χ0n) is 19.3. The summed E-state index contributed by atoms with van der Waals surface area (Å²) in [6.07, 6.45) is 10.0. The maximum Gasteiger partial charge on any atom is 0.175 e. The van der Waals surface area contributed by atoms with Gasteiger partial charge in [-0.15, -0.1) is 10.2 Å². The number of hydrogen-bond acceptors (Lipinski definition) is 7. The third kappa shape index (κ3) is 3.72. The van der Waals surface area contributed by atoms with Gasteiger partial charge in [-0.25, -0.2) is 0 Å². The van der Waals surface area contributed by atoms with Crippen LogP contribution >= 0.6 is 0 Å². The Balaban J connectivity index is 1.31. The molecule has 8 heteroatoms. The Kier molecular flexibility index (Phi) is 4.98. The van der Waals surface area contributed by atoms with Crippen LogP contribution < -0.4 is 15.1 Å². The van der Waals surface area contributed by atoms with Crippen LogP contribution in [0, 0.1) is 0 Å². The molecule has 1 unspecified atom stereocenters. The molecule has 3 atom stereocenters. The third-order valence-corrected chi connectivity index (χ3v) is 7.56. The molecule has 3 aliphatic heterocycles. The van der Waals surface area contributed by atoms with Crippen molar-refractivity contribution in [3.63, 3.8) is 0 Å². The molecule has 33 heavy (non-hydrogen) atoms. The summed E-state index contributed by atoms with van der Waals surface area (Å²) >= 11 is 0. The third-order valence-electron chi connectivity index (χ3n) is 7.56. The molecule has 6 rings (SSSR count). The van der Waals surface area contributed by atoms with Crippen LogP contribution in [0.3, 0.4) is 0 Å². The fourth-order valence-electron chi connectivity index (χ4n) is 5.82. The highest BCUT2D eigenvalue weighted by molar-refractivity contribution is 5.79. The first-order valence-corrected chi connectivity index (χ1v) is 12.0. The predicted octanol–water partition coefficient (Wildman–Crippen LogP) is 3.18. The molecule has 8 nitrogen and oxygen atoms in total. The maximum atomic E-state index is 10.8. The summed E-state index contributed by atoms with van der Waals surface area (Å²) < 4.78 is 1.76. The number of benzene rings is 1. The smallest absolute Gasteiger partial charge is 0.175 e. The molecule has 3 aliphatic rings. The molecule has 3 aromatic rings. The average Bonchev–Trinajstić information content (AvgIpc) is 3.25. The molecule has 172 valence electrons. The highest BCUT2D eigenvalue weighted by atomic mass is 16.3. The standard InChI is InChI=1S/C25H31N7O/c1-30-8-9-32(20-11-18-4-3-5-19(12-20)27-18)25-23(30)13-22(28-29-25)21-7-6-16(10-24(21)33)17-14-26-31(2)15-17/h6-7,10,13-15,18-20,27,33H,3-5,8-9,11-12H2,1-2H3/t18-,19?,20-/m0/s1. The number of nitrogens with one attached hydrogen (secondary N) is 1. The van der Waals surface area contributed by atoms with E-state index in [0.29, 0.717) is 29.4 Å². The SMILES string of the molecule is CN1CCN([C@@H]2CC3CCC[C@@H](C2)N3)c2nnc(-c3ccc(-c4cnn(C)c4)cc3O)cc21. The van der Waals surface area contributed by atoms with E-state index in [4.69, 9.17) is 5.10 Å². The van der Waals surface area contributed by atoms with Crippen LogP contribution in [-0.2, 0) is 7.05 Å². The Morgan fingerprint density at radius 3 is 2.55 bits per heavy atom. The normalized spacial score (nSPS) is 24.6. The zero-order valence-corrected chi connectivity index (χ0v) is 19.3. The van der Waals surface area contributed by atoms with Crippen LogP contribution in [0.15, 0.2) is 36.7 Å². The molecule has 1 aromatic carbocycles. The lowest BCUT2D eigenvalue weighted by Gasteiger charge is -2.47. The molecular formula is C25H31N7O. The van der Waals surface area contributed by atoms with Crippen molar-refractivity contribution in [3.8, 4) is 28.1 Å². The lowest BCUT2D eigenvalue weighted by Crippen LogP contribution is -2.57. The number of hydrogen-bond donors (Lipinski definition) is 2. The molecule has 0 radical (unpaired) electrons. The van der Waals surface area contributed by atoms with Gasteiger partial charge in [-0.3, -0.25) is 4.68 Å². The Hall–Kier alpha value is -3.13. The molecule has 2 saturated heterocycles. The fourth-order valence-corrected chi connectivity index (χ4v) is 5.82. The van der Waals surface area contributed by atoms with E-state index < -0.39 is 0 Å². The number of phenolic OH excluding ortho intramolecular Hbond substituents is 1. The van der Waals surface area contributed by atoms with Crippen LogP contribution in [0.25, 0.3) is 22.4 Å². The molecule has 2 fully saturated rings. The predicted molar refractivity (Wildman–Crippen MR) is 130 cm³/mol. The highest BCUT2D eigenvalue weighted by Gasteiger charge is 2.37. The number of piperidine rings is 2. The van der Waals surface area contributed by atoms with Crippen molar-refractivity contribution in [2.75, 3.05) is 29.9 Å². The second-order valence-electron chi connectivity index (χ2n) is 9.80. The number of fused-ring (bicyclic) bond motifs is 3. The van der Waals surface area contributed by atoms with Crippen molar-refractivity contribution in [2.45, 2.75) is 50.2 Å². The minimum Gasteiger partial charge on any atom is -0.507 e. The molecule has 2 bridgehead atoms. The molecule has 2 N–H and O–H groups in total. The van der Waals surface area contributed by atoms with Crippen molar-refractivity contribution < 1.29 is 5.11 Å². The minimum absolute atomic E-state index is 0.201. The monoisotopic (exact) mass is 445 g/mol.